The molecule has 1 aromatic rings. The molecule has 1 aromatic carbocycles. The third kappa shape index (κ3) is 5.92. The highest BCUT2D eigenvalue weighted by Crippen LogP contribution is 2.33. The Bertz CT molecular complexity index is 764. The second kappa shape index (κ2) is 9.86. The predicted octanol–water partition coefficient (Wildman–Crippen LogP) is 2.68. The second-order valence-corrected chi connectivity index (χ2v) is 6.91. The van der Waals surface area contributed by atoms with Gasteiger partial charge in [0.25, 0.3) is 0 Å². The number of anilines is 1. The largest absolute Gasteiger partial charge is 0.481 e. The Labute approximate surface area is 161 Å². The van der Waals surface area contributed by atoms with Gasteiger partial charge in [-0.05, 0) is 32.4 Å². The first-order valence-corrected chi connectivity index (χ1v) is 9.34. The summed E-state index contributed by atoms with van der Waals surface area (Å²) in [5.74, 6) is -1.70. The molecule has 1 fully saturated rings. The van der Waals surface area contributed by atoms with Gasteiger partial charge in [-0.3, -0.25) is 19.3 Å². The lowest BCUT2D eigenvalue weighted by Gasteiger charge is -2.15. The van der Waals surface area contributed by atoms with E-state index in [0.29, 0.717) is 29.6 Å². The number of carbonyl (C=O) groups excluding carboxylic acids is 2. The van der Waals surface area contributed by atoms with Crippen LogP contribution in [0.4, 0.5) is 5.69 Å². The molecule has 0 unspecified atom stereocenters. The number of ether oxygens (including phenoxy) is 1. The first kappa shape index (κ1) is 20.6. The molecule has 1 saturated heterocycles. The number of carboxylic acid groups (broad SMARTS) is 1. The molecule has 0 bridgehead atoms. The quantitative estimate of drug-likeness (QED) is 0.415. The highest BCUT2D eigenvalue weighted by molar-refractivity contribution is 8.16. The van der Waals surface area contributed by atoms with Crippen molar-refractivity contribution in [3.63, 3.8) is 0 Å². The van der Waals surface area contributed by atoms with E-state index in [2.05, 4.69) is 10.2 Å². The number of carbonyl (C=O) groups is 3. The van der Waals surface area contributed by atoms with Crippen LogP contribution >= 0.6 is 11.8 Å². The Balaban J connectivity index is 2.18. The van der Waals surface area contributed by atoms with Crippen LogP contribution in [0.2, 0.25) is 0 Å². The van der Waals surface area contributed by atoms with E-state index in [1.807, 2.05) is 6.07 Å². The van der Waals surface area contributed by atoms with Gasteiger partial charge in [0.1, 0.15) is 5.25 Å². The van der Waals surface area contributed by atoms with Gasteiger partial charge in [-0.15, -0.1) is 5.10 Å². The van der Waals surface area contributed by atoms with Crippen molar-refractivity contribution >= 4 is 46.2 Å². The lowest BCUT2D eigenvalue weighted by Crippen LogP contribution is -2.32. The number of benzene rings is 1. The van der Waals surface area contributed by atoms with E-state index in [9.17, 15) is 14.4 Å². The van der Waals surface area contributed by atoms with Crippen molar-refractivity contribution in [2.24, 2.45) is 10.2 Å². The lowest BCUT2D eigenvalue weighted by molar-refractivity contribution is -0.143. The van der Waals surface area contributed by atoms with Gasteiger partial charge in [0.15, 0.2) is 5.17 Å². The average Bonchev–Trinajstić information content (AvgIpc) is 2.94. The van der Waals surface area contributed by atoms with Crippen molar-refractivity contribution in [2.45, 2.75) is 38.4 Å². The van der Waals surface area contributed by atoms with Crippen LogP contribution in [0.15, 0.2) is 40.5 Å². The molecule has 144 valence electrons. The summed E-state index contributed by atoms with van der Waals surface area (Å²) >= 11 is 1.07. The molecule has 0 aliphatic carbocycles. The number of carboxylic acids is 1. The summed E-state index contributed by atoms with van der Waals surface area (Å²) in [6, 6.07) is 8.87. The number of nitrogens with zero attached hydrogens (tertiary/aromatic N) is 3. The Kier molecular flexibility index (Phi) is 7.54. The van der Waals surface area contributed by atoms with Crippen LogP contribution in [0.5, 0.6) is 0 Å². The van der Waals surface area contributed by atoms with Crippen LogP contribution in [-0.2, 0) is 19.1 Å². The zero-order valence-corrected chi connectivity index (χ0v) is 15.9. The number of rotatable bonds is 8. The van der Waals surface area contributed by atoms with Crippen LogP contribution in [0, 0.1) is 0 Å². The molecular formula is C18H21N3O5S. The van der Waals surface area contributed by atoms with E-state index < -0.39 is 11.2 Å². The number of amides is 1. The summed E-state index contributed by atoms with van der Waals surface area (Å²) in [5, 5.41) is 16.8. The van der Waals surface area contributed by atoms with Crippen LogP contribution in [0.25, 0.3) is 0 Å². The van der Waals surface area contributed by atoms with Crippen molar-refractivity contribution in [3.8, 4) is 0 Å². The normalized spacial score (nSPS) is 18.8. The molecule has 27 heavy (non-hydrogen) atoms. The second-order valence-electron chi connectivity index (χ2n) is 5.74. The third-order valence-electron chi connectivity index (χ3n) is 3.61. The molecule has 0 radical (unpaired) electrons. The zero-order chi connectivity index (χ0) is 19.8. The van der Waals surface area contributed by atoms with E-state index in [1.165, 1.54) is 4.90 Å². The van der Waals surface area contributed by atoms with Gasteiger partial charge in [-0.2, -0.15) is 5.10 Å². The zero-order valence-electron chi connectivity index (χ0n) is 15.1. The minimum Gasteiger partial charge on any atom is -0.481 e. The molecule has 1 aliphatic heterocycles. The number of thioether (sulfide) groups is 1. The summed E-state index contributed by atoms with van der Waals surface area (Å²) < 4.78 is 4.87. The molecule has 1 amide bonds. The highest BCUT2D eigenvalue weighted by atomic mass is 32.2. The number of hydrogen-bond donors (Lipinski definition) is 1. The third-order valence-corrected chi connectivity index (χ3v) is 4.74. The van der Waals surface area contributed by atoms with E-state index in [4.69, 9.17) is 9.84 Å². The number of aliphatic carboxylic acids is 1. The van der Waals surface area contributed by atoms with Crippen LogP contribution in [0.3, 0.4) is 0 Å². The summed E-state index contributed by atoms with van der Waals surface area (Å²) in [4.78, 5) is 36.4. The fourth-order valence-electron chi connectivity index (χ4n) is 2.33. The van der Waals surface area contributed by atoms with E-state index >= 15 is 0 Å². The van der Waals surface area contributed by atoms with Gasteiger partial charge in [0, 0.05) is 5.71 Å². The number of amidine groups is 1. The van der Waals surface area contributed by atoms with E-state index in [0.717, 1.165) is 11.8 Å². The maximum atomic E-state index is 12.6. The Hall–Kier alpha value is -2.68. The van der Waals surface area contributed by atoms with Crippen LogP contribution in [-0.4, -0.2) is 45.7 Å². The monoisotopic (exact) mass is 391 g/mol. The topological polar surface area (TPSA) is 109 Å². The molecular weight excluding hydrogens is 370 g/mol. The fraction of sp³-hybridized carbons (Fsp3) is 0.389. The standard InChI is InChI=1S/C18H21N3O5S/c1-3-26-16(24)10-9-12(2)19-20-18-21(13-7-5-4-6-8-13)17(25)14(27-18)11-15(22)23/h4-8,14H,3,9-11H2,1-2H3,(H,22,23)/b19-12+,20-18-/t14-/m1/s1. The molecule has 0 saturated carbocycles. The average molecular weight is 391 g/mol. The molecule has 9 heteroatoms. The Morgan fingerprint density at radius 1 is 1.26 bits per heavy atom. The highest BCUT2D eigenvalue weighted by Gasteiger charge is 2.40. The summed E-state index contributed by atoms with van der Waals surface area (Å²) in [7, 11) is 0. The van der Waals surface area contributed by atoms with Gasteiger partial charge in [0.2, 0.25) is 5.91 Å². The maximum absolute atomic E-state index is 12.6. The van der Waals surface area contributed by atoms with Crippen molar-refractivity contribution in [1.82, 2.24) is 0 Å². The Morgan fingerprint density at radius 3 is 2.59 bits per heavy atom. The minimum atomic E-state index is -1.05. The van der Waals surface area contributed by atoms with Crippen molar-refractivity contribution in [3.05, 3.63) is 30.3 Å². The first-order chi connectivity index (χ1) is 12.9. The summed E-state index contributed by atoms with van der Waals surface area (Å²) in [6.45, 7) is 3.80. The van der Waals surface area contributed by atoms with Crippen molar-refractivity contribution in [2.75, 3.05) is 11.5 Å². The van der Waals surface area contributed by atoms with Crippen LogP contribution < -0.4 is 4.90 Å². The summed E-state index contributed by atoms with van der Waals surface area (Å²) in [6.07, 6.45) is 0.291. The predicted molar refractivity (Wildman–Crippen MR) is 104 cm³/mol. The van der Waals surface area contributed by atoms with Gasteiger partial charge in [-0.25, -0.2) is 0 Å². The molecule has 1 N–H and O–H groups in total. The van der Waals surface area contributed by atoms with Crippen LogP contribution in [0.1, 0.15) is 33.1 Å². The number of hydrogen-bond acceptors (Lipinski definition) is 7. The lowest BCUT2D eigenvalue weighted by atomic mass is 10.2. The first-order valence-electron chi connectivity index (χ1n) is 8.46. The molecule has 8 nitrogen and oxygen atoms in total. The van der Waals surface area contributed by atoms with Gasteiger partial charge in [0.05, 0.1) is 25.1 Å². The van der Waals surface area contributed by atoms with E-state index in [-0.39, 0.29) is 24.7 Å². The number of esters is 1. The van der Waals surface area contributed by atoms with Gasteiger partial charge < -0.3 is 9.84 Å². The van der Waals surface area contributed by atoms with E-state index in [1.54, 1.807) is 38.1 Å². The molecule has 0 aromatic heterocycles. The maximum Gasteiger partial charge on any atom is 0.306 e. The fourth-order valence-corrected chi connectivity index (χ4v) is 3.41. The van der Waals surface area contributed by atoms with Gasteiger partial charge in [-0.1, -0.05) is 30.0 Å². The van der Waals surface area contributed by atoms with Crippen molar-refractivity contribution in [1.29, 1.82) is 0 Å². The van der Waals surface area contributed by atoms with Gasteiger partial charge >= 0.3 is 11.9 Å². The Morgan fingerprint density at radius 2 is 1.96 bits per heavy atom. The van der Waals surface area contributed by atoms with Crippen molar-refractivity contribution < 1.29 is 24.2 Å². The smallest absolute Gasteiger partial charge is 0.306 e. The molecule has 0 spiro atoms. The number of para-hydroxylation sites is 1. The molecule has 2 rings (SSSR count). The minimum absolute atomic E-state index is 0.199. The molecule has 1 aliphatic rings. The SMILES string of the molecule is CCOC(=O)CC/C(C)=N/N=C1\S[C@H](CC(=O)O)C(=O)N1c1ccccc1. The molecule has 1 atom stereocenters. The molecule has 1 heterocycles. The summed E-state index contributed by atoms with van der Waals surface area (Å²) in [5.41, 5.74) is 1.21.